The molecular weight excluding hydrogens is 447 g/mol. The van der Waals surface area contributed by atoms with Crippen LogP contribution in [0.15, 0.2) is 54.6 Å². The summed E-state index contributed by atoms with van der Waals surface area (Å²) in [6.45, 7) is 1.79. The van der Waals surface area contributed by atoms with Gasteiger partial charge in [-0.15, -0.1) is 0 Å². The number of rotatable bonds is 7. The molecule has 4 N–H and O–H groups in total. The molecule has 3 aromatic carbocycles. The molecule has 1 aliphatic rings. The Labute approximate surface area is 194 Å². The molecule has 1 fully saturated rings. The molecule has 0 saturated carbocycles. The molecule has 178 valence electrons. The number of phenols is 1. The number of nitrogens with one attached hydrogen (secondary N) is 2. The van der Waals surface area contributed by atoms with Gasteiger partial charge in [-0.05, 0) is 48.4 Å². The SMILES string of the molecule is CCc1ccc(Nc2c(C(=O)N3CC(O)(CNc4ccccc4O)C3)ccc(F)c2F)c(F)c1. The van der Waals surface area contributed by atoms with Crippen LogP contribution in [0.1, 0.15) is 22.8 Å². The molecule has 6 nitrogen and oxygen atoms in total. The predicted octanol–water partition coefficient (Wildman–Crippen LogP) is 4.41. The molecule has 1 aliphatic heterocycles. The van der Waals surface area contributed by atoms with E-state index in [1.165, 1.54) is 23.1 Å². The van der Waals surface area contributed by atoms with Gasteiger partial charge in [-0.1, -0.05) is 25.1 Å². The van der Waals surface area contributed by atoms with Crippen molar-refractivity contribution >= 4 is 23.0 Å². The highest BCUT2D eigenvalue weighted by Crippen LogP contribution is 2.32. The van der Waals surface area contributed by atoms with Gasteiger partial charge in [0, 0.05) is 6.54 Å². The smallest absolute Gasteiger partial charge is 0.256 e. The Morgan fingerprint density at radius 3 is 2.44 bits per heavy atom. The van der Waals surface area contributed by atoms with E-state index >= 15 is 0 Å². The van der Waals surface area contributed by atoms with Gasteiger partial charge >= 0.3 is 0 Å². The molecule has 1 amide bonds. The zero-order valence-electron chi connectivity index (χ0n) is 18.4. The van der Waals surface area contributed by atoms with Gasteiger partial charge in [-0.3, -0.25) is 4.79 Å². The van der Waals surface area contributed by atoms with Gasteiger partial charge in [0.05, 0.1) is 35.7 Å². The summed E-state index contributed by atoms with van der Waals surface area (Å²) in [5.41, 5.74) is -0.862. The van der Waals surface area contributed by atoms with E-state index in [0.717, 1.165) is 17.7 Å². The molecule has 1 saturated heterocycles. The fourth-order valence-corrected chi connectivity index (χ4v) is 3.84. The van der Waals surface area contributed by atoms with Crippen LogP contribution in [0, 0.1) is 17.5 Å². The maximum Gasteiger partial charge on any atom is 0.256 e. The minimum Gasteiger partial charge on any atom is -0.506 e. The Morgan fingerprint density at radius 1 is 1.03 bits per heavy atom. The number of aromatic hydroxyl groups is 1. The summed E-state index contributed by atoms with van der Waals surface area (Å²) in [4.78, 5) is 14.3. The highest BCUT2D eigenvalue weighted by Gasteiger charge is 2.44. The molecule has 0 bridgehead atoms. The second-order valence-corrected chi connectivity index (χ2v) is 8.33. The molecule has 0 unspecified atom stereocenters. The van der Waals surface area contributed by atoms with Crippen molar-refractivity contribution in [3.05, 3.63) is 83.2 Å². The third-order valence-corrected chi connectivity index (χ3v) is 5.80. The summed E-state index contributed by atoms with van der Waals surface area (Å²) in [6.07, 6.45) is 0.603. The maximum absolute atomic E-state index is 14.7. The Bertz CT molecular complexity index is 1230. The predicted molar refractivity (Wildman–Crippen MR) is 123 cm³/mol. The van der Waals surface area contributed by atoms with Crippen LogP contribution in [0.25, 0.3) is 0 Å². The Morgan fingerprint density at radius 2 is 1.76 bits per heavy atom. The van der Waals surface area contributed by atoms with Crippen molar-refractivity contribution in [2.45, 2.75) is 18.9 Å². The third kappa shape index (κ3) is 4.65. The summed E-state index contributed by atoms with van der Waals surface area (Å²) in [5, 5.41) is 26.0. The average molecular weight is 471 g/mol. The third-order valence-electron chi connectivity index (χ3n) is 5.80. The number of amides is 1. The van der Waals surface area contributed by atoms with Gasteiger partial charge in [-0.25, -0.2) is 13.2 Å². The number of carbonyl (C=O) groups excluding carboxylic acids is 1. The molecule has 0 radical (unpaired) electrons. The minimum atomic E-state index is -1.30. The van der Waals surface area contributed by atoms with E-state index < -0.39 is 34.6 Å². The van der Waals surface area contributed by atoms with E-state index in [1.807, 2.05) is 6.92 Å². The van der Waals surface area contributed by atoms with Crippen LogP contribution in [0.4, 0.5) is 30.2 Å². The van der Waals surface area contributed by atoms with Gasteiger partial charge in [0.15, 0.2) is 11.6 Å². The normalized spacial score (nSPS) is 14.4. The number of anilines is 3. The van der Waals surface area contributed by atoms with Crippen molar-refractivity contribution in [2.24, 2.45) is 0 Å². The van der Waals surface area contributed by atoms with E-state index in [-0.39, 0.29) is 36.6 Å². The second-order valence-electron chi connectivity index (χ2n) is 8.33. The first kappa shape index (κ1) is 23.4. The summed E-state index contributed by atoms with van der Waals surface area (Å²) in [6, 6.07) is 12.8. The van der Waals surface area contributed by atoms with Gasteiger partial charge in [0.1, 0.15) is 17.2 Å². The first-order valence-electron chi connectivity index (χ1n) is 10.8. The number of likely N-dealkylation sites (tertiary alicyclic amines) is 1. The standard InChI is InChI=1S/C25H24F3N3O3/c1-2-15-7-10-19(18(27)11-15)30-23-16(8-9-17(26)22(23)28)24(33)31-13-25(34,14-31)12-29-20-5-3-4-6-21(20)32/h3-11,29-30,32,34H,2,12-14H2,1H3. The number of β-amino-alcohol motifs (C(OH)–C–C–N with tert-alkyl or cyclic N) is 1. The average Bonchev–Trinajstić information content (AvgIpc) is 2.80. The number of para-hydroxylation sites is 2. The first-order valence-corrected chi connectivity index (χ1v) is 10.8. The van der Waals surface area contributed by atoms with Crippen molar-refractivity contribution in [3.8, 4) is 5.75 Å². The first-order chi connectivity index (χ1) is 16.2. The number of aryl methyl sites for hydroxylation is 1. The lowest BCUT2D eigenvalue weighted by Crippen LogP contribution is -2.66. The molecule has 4 rings (SSSR count). The Hall–Kier alpha value is -3.72. The number of halogens is 3. The van der Waals surface area contributed by atoms with Crippen LogP contribution in [-0.4, -0.2) is 46.3 Å². The molecule has 34 heavy (non-hydrogen) atoms. The molecular formula is C25H24F3N3O3. The molecule has 0 spiro atoms. The second kappa shape index (κ2) is 9.26. The molecule has 3 aromatic rings. The molecule has 0 aromatic heterocycles. The van der Waals surface area contributed by atoms with Crippen molar-refractivity contribution in [2.75, 3.05) is 30.3 Å². The van der Waals surface area contributed by atoms with Gasteiger partial charge in [0.25, 0.3) is 5.91 Å². The van der Waals surface area contributed by atoms with Crippen molar-refractivity contribution in [1.29, 1.82) is 0 Å². The number of nitrogens with zero attached hydrogens (tertiary/aromatic N) is 1. The van der Waals surface area contributed by atoms with E-state index in [1.54, 1.807) is 24.3 Å². The van der Waals surface area contributed by atoms with Crippen LogP contribution in [0.2, 0.25) is 0 Å². The van der Waals surface area contributed by atoms with Crippen LogP contribution in [-0.2, 0) is 6.42 Å². The van der Waals surface area contributed by atoms with Crippen LogP contribution < -0.4 is 10.6 Å². The zero-order valence-corrected chi connectivity index (χ0v) is 18.4. The van der Waals surface area contributed by atoms with E-state index in [2.05, 4.69) is 10.6 Å². The van der Waals surface area contributed by atoms with Crippen LogP contribution >= 0.6 is 0 Å². The monoisotopic (exact) mass is 471 g/mol. The topological polar surface area (TPSA) is 84.8 Å². The van der Waals surface area contributed by atoms with Gasteiger partial charge in [0.2, 0.25) is 0 Å². The molecule has 1 heterocycles. The lowest BCUT2D eigenvalue weighted by Gasteiger charge is -2.46. The van der Waals surface area contributed by atoms with Crippen molar-refractivity contribution in [1.82, 2.24) is 4.90 Å². The van der Waals surface area contributed by atoms with Crippen LogP contribution in [0.5, 0.6) is 5.75 Å². The fourth-order valence-electron chi connectivity index (χ4n) is 3.84. The lowest BCUT2D eigenvalue weighted by atomic mass is 9.92. The highest BCUT2D eigenvalue weighted by atomic mass is 19.2. The van der Waals surface area contributed by atoms with Crippen molar-refractivity contribution < 1.29 is 28.2 Å². The Balaban J connectivity index is 1.50. The lowest BCUT2D eigenvalue weighted by molar-refractivity contribution is -0.0706. The zero-order chi connectivity index (χ0) is 24.5. The fraction of sp³-hybridized carbons (Fsp3) is 0.240. The number of phenolic OH excluding ortho intramolecular Hbond substituents is 1. The summed E-state index contributed by atoms with van der Waals surface area (Å²) >= 11 is 0. The minimum absolute atomic E-state index is 0.0232. The summed E-state index contributed by atoms with van der Waals surface area (Å²) in [5.74, 6) is -3.76. The molecule has 0 atom stereocenters. The summed E-state index contributed by atoms with van der Waals surface area (Å²) < 4.78 is 43.1. The van der Waals surface area contributed by atoms with Gasteiger partial charge < -0.3 is 25.7 Å². The van der Waals surface area contributed by atoms with E-state index in [0.29, 0.717) is 12.1 Å². The number of carbonyl (C=O) groups is 1. The quantitative estimate of drug-likeness (QED) is 0.384. The van der Waals surface area contributed by atoms with Crippen LogP contribution in [0.3, 0.4) is 0 Å². The van der Waals surface area contributed by atoms with Gasteiger partial charge in [-0.2, -0.15) is 0 Å². The number of aliphatic hydroxyl groups is 1. The number of hydrogen-bond acceptors (Lipinski definition) is 5. The number of hydrogen-bond donors (Lipinski definition) is 4. The summed E-state index contributed by atoms with van der Waals surface area (Å²) in [7, 11) is 0. The number of benzene rings is 3. The highest BCUT2D eigenvalue weighted by molar-refractivity contribution is 6.01. The Kier molecular flexibility index (Phi) is 6.39. The van der Waals surface area contributed by atoms with Crippen molar-refractivity contribution in [3.63, 3.8) is 0 Å². The maximum atomic E-state index is 14.7. The van der Waals surface area contributed by atoms with E-state index in [9.17, 15) is 28.2 Å². The molecule has 0 aliphatic carbocycles. The largest absolute Gasteiger partial charge is 0.506 e. The van der Waals surface area contributed by atoms with E-state index in [4.69, 9.17) is 0 Å². The molecule has 9 heteroatoms.